The lowest BCUT2D eigenvalue weighted by molar-refractivity contribution is -0.145. The molecule has 12 heavy (non-hydrogen) atoms. The molecule has 1 atom stereocenters. The summed E-state index contributed by atoms with van der Waals surface area (Å²) in [4.78, 5) is 10.5. The van der Waals surface area contributed by atoms with Crippen LogP contribution in [-0.4, -0.2) is 36.9 Å². The molecule has 0 saturated carbocycles. The molecule has 0 radical (unpaired) electrons. The Hall–Kier alpha value is -0.610. The maximum Gasteiger partial charge on any atom is 0.306 e. The number of hydrogen-bond donors (Lipinski definition) is 2. The normalized spacial score (nSPS) is 30.1. The number of carboxylic acid groups (broad SMARTS) is 1. The monoisotopic (exact) mass is 173 g/mol. The topological polar surface area (TPSA) is 58.6 Å². The van der Waals surface area contributed by atoms with Gasteiger partial charge >= 0.3 is 5.97 Å². The van der Waals surface area contributed by atoms with Crippen LogP contribution in [0.25, 0.3) is 0 Å². The SMILES string of the molecule is COC1(CC(=O)O)CCCNC1. The largest absolute Gasteiger partial charge is 0.481 e. The fourth-order valence-corrected chi connectivity index (χ4v) is 1.61. The Morgan fingerprint density at radius 3 is 2.92 bits per heavy atom. The molecule has 70 valence electrons. The van der Waals surface area contributed by atoms with E-state index in [-0.39, 0.29) is 6.42 Å². The molecule has 4 nitrogen and oxygen atoms in total. The number of carboxylic acids is 1. The van der Waals surface area contributed by atoms with Crippen LogP contribution in [0.2, 0.25) is 0 Å². The third-order valence-corrected chi connectivity index (χ3v) is 2.34. The van der Waals surface area contributed by atoms with E-state index in [4.69, 9.17) is 9.84 Å². The van der Waals surface area contributed by atoms with E-state index >= 15 is 0 Å². The van der Waals surface area contributed by atoms with Gasteiger partial charge in [0.2, 0.25) is 0 Å². The fourth-order valence-electron chi connectivity index (χ4n) is 1.61. The second-order valence-electron chi connectivity index (χ2n) is 3.24. The summed E-state index contributed by atoms with van der Waals surface area (Å²) in [6, 6.07) is 0. The zero-order chi connectivity index (χ0) is 9.03. The molecule has 1 aliphatic rings. The van der Waals surface area contributed by atoms with Crippen LogP contribution >= 0.6 is 0 Å². The summed E-state index contributed by atoms with van der Waals surface area (Å²) in [5.41, 5.74) is -0.468. The lowest BCUT2D eigenvalue weighted by Gasteiger charge is -2.35. The Morgan fingerprint density at radius 1 is 1.75 bits per heavy atom. The summed E-state index contributed by atoms with van der Waals surface area (Å²) in [5, 5.41) is 11.8. The Bertz CT molecular complexity index is 164. The van der Waals surface area contributed by atoms with Crippen LogP contribution in [0.1, 0.15) is 19.3 Å². The zero-order valence-electron chi connectivity index (χ0n) is 7.30. The molecule has 1 unspecified atom stereocenters. The van der Waals surface area contributed by atoms with Gasteiger partial charge in [-0.05, 0) is 19.4 Å². The lowest BCUT2D eigenvalue weighted by Crippen LogP contribution is -2.48. The third-order valence-electron chi connectivity index (χ3n) is 2.34. The number of rotatable bonds is 3. The molecule has 4 heteroatoms. The average molecular weight is 173 g/mol. The van der Waals surface area contributed by atoms with Crippen molar-refractivity contribution in [1.82, 2.24) is 5.32 Å². The number of carbonyl (C=O) groups is 1. The number of piperidine rings is 1. The molecule has 0 aromatic carbocycles. The van der Waals surface area contributed by atoms with Crippen molar-refractivity contribution in [3.05, 3.63) is 0 Å². The number of methoxy groups -OCH3 is 1. The minimum atomic E-state index is -0.791. The first-order valence-corrected chi connectivity index (χ1v) is 4.16. The highest BCUT2D eigenvalue weighted by Crippen LogP contribution is 2.23. The van der Waals surface area contributed by atoms with Crippen molar-refractivity contribution in [2.45, 2.75) is 24.9 Å². The molecular formula is C8H15NO3. The van der Waals surface area contributed by atoms with Crippen LogP contribution in [-0.2, 0) is 9.53 Å². The highest BCUT2D eigenvalue weighted by molar-refractivity contribution is 5.68. The predicted molar refractivity (Wildman–Crippen MR) is 44.1 cm³/mol. The van der Waals surface area contributed by atoms with Gasteiger partial charge in [0.15, 0.2) is 0 Å². The second-order valence-corrected chi connectivity index (χ2v) is 3.24. The van der Waals surface area contributed by atoms with Crippen molar-refractivity contribution in [3.63, 3.8) is 0 Å². The number of nitrogens with one attached hydrogen (secondary N) is 1. The van der Waals surface area contributed by atoms with Gasteiger partial charge in [-0.25, -0.2) is 0 Å². The molecule has 2 N–H and O–H groups in total. The van der Waals surface area contributed by atoms with E-state index in [9.17, 15) is 4.79 Å². The van der Waals surface area contributed by atoms with Crippen LogP contribution in [0.15, 0.2) is 0 Å². The van der Waals surface area contributed by atoms with E-state index in [1.54, 1.807) is 7.11 Å². The van der Waals surface area contributed by atoms with Crippen LogP contribution < -0.4 is 5.32 Å². The minimum Gasteiger partial charge on any atom is -0.481 e. The lowest BCUT2D eigenvalue weighted by atomic mass is 9.90. The van der Waals surface area contributed by atoms with Gasteiger partial charge in [-0.3, -0.25) is 4.79 Å². The first-order chi connectivity index (χ1) is 5.68. The van der Waals surface area contributed by atoms with Gasteiger partial charge in [0, 0.05) is 13.7 Å². The maximum atomic E-state index is 10.5. The molecule has 1 aliphatic heterocycles. The molecule has 0 amide bonds. The summed E-state index contributed by atoms with van der Waals surface area (Å²) in [6.07, 6.45) is 1.92. The molecule has 0 aliphatic carbocycles. The van der Waals surface area contributed by atoms with E-state index in [1.807, 2.05) is 0 Å². The first-order valence-electron chi connectivity index (χ1n) is 4.16. The van der Waals surface area contributed by atoms with Gasteiger partial charge in [-0.1, -0.05) is 0 Å². The van der Waals surface area contributed by atoms with E-state index in [1.165, 1.54) is 0 Å². The molecule has 0 bridgehead atoms. The zero-order valence-corrected chi connectivity index (χ0v) is 7.30. The van der Waals surface area contributed by atoms with Crippen molar-refractivity contribution in [2.75, 3.05) is 20.2 Å². The van der Waals surface area contributed by atoms with Crippen LogP contribution in [0, 0.1) is 0 Å². The number of aliphatic carboxylic acids is 1. The summed E-state index contributed by atoms with van der Waals surface area (Å²) < 4.78 is 5.25. The number of ether oxygens (including phenoxy) is 1. The summed E-state index contributed by atoms with van der Waals surface area (Å²) in [5.74, 6) is -0.791. The highest BCUT2D eigenvalue weighted by Gasteiger charge is 2.34. The van der Waals surface area contributed by atoms with E-state index in [0.29, 0.717) is 6.54 Å². The van der Waals surface area contributed by atoms with Gasteiger partial charge < -0.3 is 15.2 Å². The van der Waals surface area contributed by atoms with Crippen LogP contribution in [0.4, 0.5) is 0 Å². The van der Waals surface area contributed by atoms with Crippen LogP contribution in [0.5, 0.6) is 0 Å². The van der Waals surface area contributed by atoms with Crippen molar-refractivity contribution in [3.8, 4) is 0 Å². The van der Waals surface area contributed by atoms with E-state index < -0.39 is 11.6 Å². The Balaban J connectivity index is 2.53. The highest BCUT2D eigenvalue weighted by atomic mass is 16.5. The standard InChI is InChI=1S/C8H15NO3/c1-12-8(5-7(10)11)3-2-4-9-6-8/h9H,2-6H2,1H3,(H,10,11). The van der Waals surface area contributed by atoms with Gasteiger partial charge in [-0.2, -0.15) is 0 Å². The third kappa shape index (κ3) is 2.19. The smallest absolute Gasteiger partial charge is 0.306 e. The van der Waals surface area contributed by atoms with Gasteiger partial charge in [-0.15, -0.1) is 0 Å². The molecule has 1 rings (SSSR count). The Labute approximate surface area is 71.9 Å². The Morgan fingerprint density at radius 2 is 2.50 bits per heavy atom. The van der Waals surface area contributed by atoms with Crippen molar-refractivity contribution >= 4 is 5.97 Å². The van der Waals surface area contributed by atoms with Gasteiger partial charge in [0.05, 0.1) is 12.0 Å². The maximum absolute atomic E-state index is 10.5. The summed E-state index contributed by atoms with van der Waals surface area (Å²) >= 11 is 0. The molecular weight excluding hydrogens is 158 g/mol. The van der Waals surface area contributed by atoms with Crippen LogP contribution in [0.3, 0.4) is 0 Å². The minimum absolute atomic E-state index is 0.0938. The van der Waals surface area contributed by atoms with E-state index in [0.717, 1.165) is 19.4 Å². The van der Waals surface area contributed by atoms with Crippen molar-refractivity contribution < 1.29 is 14.6 Å². The van der Waals surface area contributed by atoms with Crippen molar-refractivity contribution in [1.29, 1.82) is 0 Å². The summed E-state index contributed by atoms with van der Waals surface area (Å²) in [7, 11) is 1.58. The van der Waals surface area contributed by atoms with E-state index in [2.05, 4.69) is 5.32 Å². The second kappa shape index (κ2) is 3.87. The first kappa shape index (κ1) is 9.48. The number of hydrogen-bond acceptors (Lipinski definition) is 3. The molecule has 0 spiro atoms. The molecule has 1 saturated heterocycles. The fraction of sp³-hybridized carbons (Fsp3) is 0.875. The summed E-state index contributed by atoms with van der Waals surface area (Å²) in [6.45, 7) is 1.61. The molecule has 1 fully saturated rings. The van der Waals surface area contributed by atoms with Crippen molar-refractivity contribution in [2.24, 2.45) is 0 Å². The Kier molecular flexibility index (Phi) is 3.05. The van der Waals surface area contributed by atoms with Gasteiger partial charge in [0.25, 0.3) is 0 Å². The van der Waals surface area contributed by atoms with Gasteiger partial charge in [0.1, 0.15) is 0 Å². The predicted octanol–water partition coefficient (Wildman–Crippen LogP) is 0.230. The molecule has 0 aromatic heterocycles. The average Bonchev–Trinajstić information content (AvgIpc) is 2.05. The molecule has 0 aromatic rings. The molecule has 1 heterocycles. The quantitative estimate of drug-likeness (QED) is 0.641.